The van der Waals surface area contributed by atoms with Crippen molar-refractivity contribution in [2.24, 2.45) is 10.1 Å². The van der Waals surface area contributed by atoms with E-state index in [2.05, 4.69) is 26.9 Å². The van der Waals surface area contributed by atoms with Gasteiger partial charge in [0.25, 0.3) is 0 Å². The van der Waals surface area contributed by atoms with Gasteiger partial charge >= 0.3 is 6.18 Å². The molecule has 154 valence electrons. The minimum Gasteiger partial charge on any atom is -0.338 e. The molecule has 0 aliphatic carbocycles. The molecule has 2 heterocycles. The summed E-state index contributed by atoms with van der Waals surface area (Å²) >= 11 is 0. The first-order chi connectivity index (χ1) is 13.2. The fourth-order valence-electron chi connectivity index (χ4n) is 3.06. The van der Waals surface area contributed by atoms with Gasteiger partial charge in [-0.25, -0.2) is 10.0 Å². The summed E-state index contributed by atoms with van der Waals surface area (Å²) in [5.41, 5.74) is 1.29. The van der Waals surface area contributed by atoms with Crippen LogP contribution in [0, 0.1) is 0 Å². The molecule has 2 aliphatic heterocycles. The lowest BCUT2D eigenvalue weighted by Crippen LogP contribution is -2.52. The molecular weight excluding hydrogens is 367 g/mol. The fourth-order valence-corrected chi connectivity index (χ4v) is 3.06. The average molecular weight is 395 g/mol. The van der Waals surface area contributed by atoms with Gasteiger partial charge in [0.15, 0.2) is 0 Å². The number of hydrogen-bond acceptors (Lipinski definition) is 5. The van der Waals surface area contributed by atoms with Crippen molar-refractivity contribution in [3.63, 3.8) is 0 Å². The van der Waals surface area contributed by atoms with Gasteiger partial charge in [0.1, 0.15) is 0 Å². The first-order valence-corrected chi connectivity index (χ1v) is 9.32. The van der Waals surface area contributed by atoms with E-state index in [1.807, 2.05) is 27.7 Å². The van der Waals surface area contributed by atoms with Gasteiger partial charge in [0, 0.05) is 37.5 Å². The molecule has 1 unspecified atom stereocenters. The van der Waals surface area contributed by atoms with Crippen molar-refractivity contribution in [1.29, 1.82) is 0 Å². The Kier molecular flexibility index (Phi) is 7.23. The van der Waals surface area contributed by atoms with E-state index in [9.17, 15) is 13.2 Å². The number of aliphatic imine (C=N–C) groups is 1. The largest absolute Gasteiger partial charge is 0.416 e. The number of nitrogens with one attached hydrogen (secondary N) is 1. The van der Waals surface area contributed by atoms with E-state index in [0.717, 1.165) is 38.0 Å². The lowest BCUT2D eigenvalue weighted by Gasteiger charge is -2.40. The number of hydrazone groups is 1. The number of fused-ring (bicyclic) bond motifs is 1. The van der Waals surface area contributed by atoms with Crippen LogP contribution < -0.4 is 5.32 Å². The van der Waals surface area contributed by atoms with E-state index >= 15 is 0 Å². The summed E-state index contributed by atoms with van der Waals surface area (Å²) in [6.07, 6.45) is -2.62. The summed E-state index contributed by atoms with van der Waals surface area (Å²) in [6.45, 7) is 14.1. The zero-order valence-corrected chi connectivity index (χ0v) is 16.8. The van der Waals surface area contributed by atoms with Crippen molar-refractivity contribution in [2.75, 3.05) is 26.2 Å². The highest BCUT2D eigenvalue weighted by Crippen LogP contribution is 2.39. The van der Waals surface area contributed by atoms with Crippen molar-refractivity contribution in [3.8, 4) is 0 Å². The third-order valence-electron chi connectivity index (χ3n) is 4.30. The SMILES string of the molecule is C=CC.CC(C)=NN1C(N2CCNCC2)=Nc2ccc(C(F)(F)F)cc2C1C. The van der Waals surface area contributed by atoms with Crippen molar-refractivity contribution in [1.82, 2.24) is 15.2 Å². The molecule has 1 atom stereocenters. The van der Waals surface area contributed by atoms with E-state index in [-0.39, 0.29) is 6.04 Å². The van der Waals surface area contributed by atoms with Gasteiger partial charge in [-0.2, -0.15) is 18.3 Å². The second-order valence-electron chi connectivity index (χ2n) is 6.90. The standard InChI is InChI=1S/C17H22F3N5.C3H6/c1-11(2)23-25-12(3)14-10-13(17(18,19)20)4-5-15(14)22-16(25)24-8-6-21-7-9-24;1-3-2/h4-5,10,12,21H,6-9H2,1-3H3;3H,1H2,2H3. The number of guanidine groups is 1. The number of benzene rings is 1. The molecular formula is C20H28F3N5. The number of nitrogens with zero attached hydrogens (tertiary/aromatic N) is 4. The number of halogens is 3. The molecule has 0 amide bonds. The number of hydrogen-bond donors (Lipinski definition) is 1. The predicted molar refractivity (Wildman–Crippen MR) is 108 cm³/mol. The van der Waals surface area contributed by atoms with Crippen molar-refractivity contribution in [2.45, 2.75) is 39.9 Å². The molecule has 2 aliphatic rings. The minimum absolute atomic E-state index is 0.324. The van der Waals surface area contributed by atoms with Crippen LogP contribution in [0.3, 0.4) is 0 Å². The quantitative estimate of drug-likeness (QED) is 0.560. The molecule has 1 aromatic rings. The molecule has 0 aromatic heterocycles. The second-order valence-corrected chi connectivity index (χ2v) is 6.90. The smallest absolute Gasteiger partial charge is 0.338 e. The number of rotatable bonds is 1. The highest BCUT2D eigenvalue weighted by Gasteiger charge is 2.35. The summed E-state index contributed by atoms with van der Waals surface area (Å²) in [7, 11) is 0. The minimum atomic E-state index is -4.37. The lowest BCUT2D eigenvalue weighted by atomic mass is 10.0. The van der Waals surface area contributed by atoms with Crippen LogP contribution in [-0.2, 0) is 6.18 Å². The molecule has 5 nitrogen and oxygen atoms in total. The van der Waals surface area contributed by atoms with Gasteiger partial charge in [-0.3, -0.25) is 0 Å². The first kappa shape index (κ1) is 21.9. The Hall–Kier alpha value is -2.35. The van der Waals surface area contributed by atoms with E-state index < -0.39 is 11.7 Å². The molecule has 8 heteroatoms. The van der Waals surface area contributed by atoms with Gasteiger partial charge < -0.3 is 10.2 Å². The van der Waals surface area contributed by atoms with Crippen LogP contribution in [-0.4, -0.2) is 47.8 Å². The summed E-state index contributed by atoms with van der Waals surface area (Å²) in [6, 6.07) is 3.41. The van der Waals surface area contributed by atoms with Gasteiger partial charge in [-0.15, -0.1) is 6.58 Å². The maximum Gasteiger partial charge on any atom is 0.416 e. The zero-order valence-electron chi connectivity index (χ0n) is 16.8. The third kappa shape index (κ3) is 5.13. The van der Waals surface area contributed by atoms with E-state index in [0.29, 0.717) is 17.2 Å². The third-order valence-corrected chi connectivity index (χ3v) is 4.30. The molecule has 0 radical (unpaired) electrons. The van der Waals surface area contributed by atoms with Crippen LogP contribution in [0.4, 0.5) is 18.9 Å². The maximum absolute atomic E-state index is 13.1. The molecule has 28 heavy (non-hydrogen) atoms. The molecule has 1 N–H and O–H groups in total. The van der Waals surface area contributed by atoms with Gasteiger partial charge in [0.2, 0.25) is 5.96 Å². The lowest BCUT2D eigenvalue weighted by molar-refractivity contribution is -0.137. The Labute approximate surface area is 164 Å². The fraction of sp³-hybridized carbons (Fsp3) is 0.500. The molecule has 1 fully saturated rings. The first-order valence-electron chi connectivity index (χ1n) is 9.32. The average Bonchev–Trinajstić information content (AvgIpc) is 2.64. The second kappa shape index (κ2) is 9.23. The predicted octanol–water partition coefficient (Wildman–Crippen LogP) is 4.56. The summed E-state index contributed by atoms with van der Waals surface area (Å²) in [4.78, 5) is 6.77. The molecule has 0 saturated carbocycles. The van der Waals surface area contributed by atoms with Gasteiger partial charge in [-0.05, 0) is 45.9 Å². The summed E-state index contributed by atoms with van der Waals surface area (Å²) in [5.74, 6) is 0.697. The van der Waals surface area contributed by atoms with E-state index in [1.54, 1.807) is 11.1 Å². The monoisotopic (exact) mass is 395 g/mol. The Morgan fingerprint density at radius 2 is 1.89 bits per heavy atom. The molecule has 3 rings (SSSR count). The Balaban J connectivity index is 0.000000878. The molecule has 0 spiro atoms. The summed E-state index contributed by atoms with van der Waals surface area (Å²) < 4.78 is 39.2. The van der Waals surface area contributed by atoms with Crippen LogP contribution in [0.2, 0.25) is 0 Å². The van der Waals surface area contributed by atoms with E-state index in [1.165, 1.54) is 12.1 Å². The van der Waals surface area contributed by atoms with Gasteiger partial charge in [-0.1, -0.05) is 6.08 Å². The van der Waals surface area contributed by atoms with Crippen LogP contribution in [0.1, 0.15) is 44.9 Å². The number of alkyl halides is 3. The Morgan fingerprint density at radius 3 is 2.43 bits per heavy atom. The highest BCUT2D eigenvalue weighted by atomic mass is 19.4. The van der Waals surface area contributed by atoms with Crippen LogP contribution in [0.25, 0.3) is 0 Å². The van der Waals surface area contributed by atoms with Crippen LogP contribution >= 0.6 is 0 Å². The van der Waals surface area contributed by atoms with E-state index in [4.69, 9.17) is 0 Å². The maximum atomic E-state index is 13.1. The van der Waals surface area contributed by atoms with Gasteiger partial charge in [0.05, 0.1) is 17.3 Å². The Morgan fingerprint density at radius 1 is 1.29 bits per heavy atom. The number of piperazine rings is 1. The highest BCUT2D eigenvalue weighted by molar-refractivity contribution is 5.88. The van der Waals surface area contributed by atoms with Crippen molar-refractivity contribution in [3.05, 3.63) is 42.0 Å². The summed E-state index contributed by atoms with van der Waals surface area (Å²) in [5, 5.41) is 9.57. The van der Waals surface area contributed by atoms with Crippen LogP contribution in [0.5, 0.6) is 0 Å². The molecule has 1 aromatic carbocycles. The van der Waals surface area contributed by atoms with Crippen molar-refractivity contribution < 1.29 is 13.2 Å². The normalized spacial score (nSPS) is 19.1. The molecule has 0 bridgehead atoms. The number of allylic oxidation sites excluding steroid dienone is 1. The molecule has 1 saturated heterocycles. The van der Waals surface area contributed by atoms with Crippen LogP contribution in [0.15, 0.2) is 40.9 Å². The Bertz CT molecular complexity index is 745. The van der Waals surface area contributed by atoms with Crippen molar-refractivity contribution >= 4 is 17.4 Å². The zero-order chi connectivity index (χ0) is 20.9. The topological polar surface area (TPSA) is 43.2 Å².